The molecule has 2 aromatic carbocycles. The highest BCUT2D eigenvalue weighted by Gasteiger charge is 2.12. The van der Waals surface area contributed by atoms with Crippen molar-refractivity contribution in [2.75, 3.05) is 13.7 Å². The summed E-state index contributed by atoms with van der Waals surface area (Å²) in [5.74, 6) is 0.377. The lowest BCUT2D eigenvalue weighted by Gasteiger charge is -2.11. The highest BCUT2D eigenvalue weighted by Crippen LogP contribution is 2.32. The second-order valence-electron chi connectivity index (χ2n) is 5.30. The van der Waals surface area contributed by atoms with Gasteiger partial charge in [0.15, 0.2) is 0 Å². The first-order valence-corrected chi connectivity index (χ1v) is 7.82. The van der Waals surface area contributed by atoms with Crippen LogP contribution in [-0.2, 0) is 9.53 Å². The van der Waals surface area contributed by atoms with Crippen molar-refractivity contribution in [3.8, 4) is 5.75 Å². The number of aromatic nitrogens is 1. The van der Waals surface area contributed by atoms with E-state index in [-0.39, 0.29) is 5.97 Å². The lowest BCUT2D eigenvalue weighted by Crippen LogP contribution is -2.02. The van der Waals surface area contributed by atoms with Crippen molar-refractivity contribution in [3.05, 3.63) is 71.9 Å². The number of methoxy groups -OCH3 is 1. The van der Waals surface area contributed by atoms with Crippen molar-refractivity contribution < 1.29 is 14.3 Å². The molecule has 1 N–H and O–H groups in total. The fourth-order valence-electron chi connectivity index (χ4n) is 2.71. The standard InChI is InChI=1S/C20H19NO3/c1-3-24-19(22)13-17(14-7-5-4-6-8-14)16-11-15-9-10-21-20(15)18(12-16)23-2/h4-13,21H,3H2,1-2H3. The van der Waals surface area contributed by atoms with E-state index in [4.69, 9.17) is 9.47 Å². The van der Waals surface area contributed by atoms with E-state index in [9.17, 15) is 4.79 Å². The van der Waals surface area contributed by atoms with Gasteiger partial charge in [-0.15, -0.1) is 0 Å². The molecule has 1 aromatic heterocycles. The number of rotatable bonds is 5. The van der Waals surface area contributed by atoms with Crippen LogP contribution in [0.15, 0.2) is 60.8 Å². The van der Waals surface area contributed by atoms with Crippen molar-refractivity contribution in [2.24, 2.45) is 0 Å². The zero-order chi connectivity index (χ0) is 16.9. The van der Waals surface area contributed by atoms with E-state index in [1.54, 1.807) is 14.0 Å². The summed E-state index contributed by atoms with van der Waals surface area (Å²) < 4.78 is 10.6. The molecule has 0 bridgehead atoms. The molecule has 0 amide bonds. The normalized spacial score (nSPS) is 11.5. The van der Waals surface area contributed by atoms with E-state index in [0.29, 0.717) is 6.61 Å². The summed E-state index contributed by atoms with van der Waals surface area (Å²) >= 11 is 0. The molecule has 122 valence electrons. The number of aromatic amines is 1. The number of benzene rings is 2. The van der Waals surface area contributed by atoms with Crippen LogP contribution in [0.25, 0.3) is 16.5 Å². The van der Waals surface area contributed by atoms with Gasteiger partial charge in [-0.25, -0.2) is 4.79 Å². The number of esters is 1. The zero-order valence-electron chi connectivity index (χ0n) is 13.7. The maximum absolute atomic E-state index is 12.0. The molecule has 0 aliphatic heterocycles. The highest BCUT2D eigenvalue weighted by molar-refractivity contribution is 5.99. The molecular weight excluding hydrogens is 302 g/mol. The lowest BCUT2D eigenvalue weighted by molar-refractivity contribution is -0.137. The van der Waals surface area contributed by atoms with Gasteiger partial charge < -0.3 is 14.5 Å². The third kappa shape index (κ3) is 3.18. The van der Waals surface area contributed by atoms with Crippen molar-refractivity contribution in [1.82, 2.24) is 4.98 Å². The second-order valence-corrected chi connectivity index (χ2v) is 5.30. The smallest absolute Gasteiger partial charge is 0.331 e. The number of H-pyrrole nitrogens is 1. The van der Waals surface area contributed by atoms with Crippen LogP contribution in [0.3, 0.4) is 0 Å². The Labute approximate surface area is 140 Å². The molecule has 0 atom stereocenters. The molecule has 0 aliphatic rings. The van der Waals surface area contributed by atoms with Gasteiger partial charge in [0.05, 0.1) is 19.2 Å². The van der Waals surface area contributed by atoms with Gasteiger partial charge in [0.25, 0.3) is 0 Å². The van der Waals surface area contributed by atoms with Crippen LogP contribution >= 0.6 is 0 Å². The maximum Gasteiger partial charge on any atom is 0.331 e. The summed E-state index contributed by atoms with van der Waals surface area (Å²) in [5.41, 5.74) is 3.58. The van der Waals surface area contributed by atoms with E-state index in [1.807, 2.05) is 54.7 Å². The van der Waals surface area contributed by atoms with E-state index in [1.165, 1.54) is 6.08 Å². The number of nitrogens with one attached hydrogen (secondary N) is 1. The minimum absolute atomic E-state index is 0.345. The summed E-state index contributed by atoms with van der Waals surface area (Å²) in [6, 6.07) is 15.7. The van der Waals surface area contributed by atoms with Crippen LogP contribution in [0.2, 0.25) is 0 Å². The van der Waals surface area contributed by atoms with Crippen LogP contribution in [0.4, 0.5) is 0 Å². The van der Waals surface area contributed by atoms with Crippen LogP contribution in [0.5, 0.6) is 5.75 Å². The number of fused-ring (bicyclic) bond motifs is 1. The molecule has 0 aliphatic carbocycles. The number of hydrogen-bond acceptors (Lipinski definition) is 3. The first-order chi connectivity index (χ1) is 11.7. The van der Waals surface area contributed by atoms with Crippen LogP contribution in [-0.4, -0.2) is 24.7 Å². The summed E-state index contributed by atoms with van der Waals surface area (Å²) in [7, 11) is 1.64. The number of carbonyl (C=O) groups excluding carboxylic acids is 1. The number of ether oxygens (including phenoxy) is 2. The zero-order valence-corrected chi connectivity index (χ0v) is 13.7. The van der Waals surface area contributed by atoms with E-state index in [2.05, 4.69) is 4.98 Å². The van der Waals surface area contributed by atoms with Gasteiger partial charge in [0.1, 0.15) is 5.75 Å². The SMILES string of the molecule is CCOC(=O)C=C(c1ccccc1)c1cc(OC)c2[nH]ccc2c1. The Morgan fingerprint density at radius 3 is 2.62 bits per heavy atom. The topological polar surface area (TPSA) is 51.3 Å². The van der Waals surface area contributed by atoms with Crippen molar-refractivity contribution in [3.63, 3.8) is 0 Å². The van der Waals surface area contributed by atoms with Gasteiger partial charge >= 0.3 is 5.97 Å². The Morgan fingerprint density at radius 1 is 1.12 bits per heavy atom. The minimum Gasteiger partial charge on any atom is -0.495 e. The molecule has 1 heterocycles. The average molecular weight is 321 g/mol. The quantitative estimate of drug-likeness (QED) is 0.567. The molecule has 4 heteroatoms. The van der Waals surface area contributed by atoms with Gasteiger partial charge in [0.2, 0.25) is 0 Å². The highest BCUT2D eigenvalue weighted by atomic mass is 16.5. The molecule has 4 nitrogen and oxygen atoms in total. The van der Waals surface area contributed by atoms with Crippen LogP contribution in [0.1, 0.15) is 18.1 Å². The second kappa shape index (κ2) is 7.04. The third-order valence-corrected chi connectivity index (χ3v) is 3.79. The Hall–Kier alpha value is -3.01. The third-order valence-electron chi connectivity index (χ3n) is 3.79. The molecule has 0 spiro atoms. The Kier molecular flexibility index (Phi) is 4.66. The summed E-state index contributed by atoms with van der Waals surface area (Å²) in [6.45, 7) is 2.14. The van der Waals surface area contributed by atoms with Gasteiger partial charge in [-0.05, 0) is 41.8 Å². The number of carbonyl (C=O) groups is 1. The van der Waals surface area contributed by atoms with Crippen LogP contribution < -0.4 is 4.74 Å². The van der Waals surface area contributed by atoms with E-state index in [0.717, 1.165) is 33.4 Å². The molecule has 0 radical (unpaired) electrons. The Morgan fingerprint density at radius 2 is 1.92 bits per heavy atom. The predicted octanol–water partition coefficient (Wildman–Crippen LogP) is 4.17. The van der Waals surface area contributed by atoms with Crippen LogP contribution in [0, 0.1) is 0 Å². The first-order valence-electron chi connectivity index (χ1n) is 7.82. The van der Waals surface area contributed by atoms with Gasteiger partial charge in [-0.3, -0.25) is 0 Å². The van der Waals surface area contributed by atoms with Gasteiger partial charge in [-0.2, -0.15) is 0 Å². The molecule has 0 saturated heterocycles. The summed E-state index contributed by atoms with van der Waals surface area (Å²) in [4.78, 5) is 15.2. The largest absolute Gasteiger partial charge is 0.495 e. The Balaban J connectivity index is 2.17. The summed E-state index contributed by atoms with van der Waals surface area (Å²) in [5, 5.41) is 1.02. The fraction of sp³-hybridized carbons (Fsp3) is 0.150. The van der Waals surface area contributed by atoms with Gasteiger partial charge in [0, 0.05) is 17.7 Å². The monoisotopic (exact) mass is 321 g/mol. The maximum atomic E-state index is 12.0. The average Bonchev–Trinajstić information content (AvgIpc) is 3.08. The summed E-state index contributed by atoms with van der Waals surface area (Å²) in [6.07, 6.45) is 3.40. The molecule has 0 saturated carbocycles. The Bertz CT molecular complexity index is 878. The van der Waals surface area contributed by atoms with E-state index >= 15 is 0 Å². The van der Waals surface area contributed by atoms with Crippen molar-refractivity contribution in [1.29, 1.82) is 0 Å². The molecule has 3 rings (SSSR count). The molecule has 24 heavy (non-hydrogen) atoms. The molecule has 0 unspecified atom stereocenters. The predicted molar refractivity (Wildman–Crippen MR) is 95.0 cm³/mol. The molecular formula is C20H19NO3. The first kappa shape index (κ1) is 15.9. The van der Waals surface area contributed by atoms with Crippen molar-refractivity contribution in [2.45, 2.75) is 6.92 Å². The van der Waals surface area contributed by atoms with Gasteiger partial charge in [-0.1, -0.05) is 30.3 Å². The molecule has 3 aromatic rings. The van der Waals surface area contributed by atoms with E-state index < -0.39 is 0 Å². The lowest BCUT2D eigenvalue weighted by atomic mass is 9.96. The number of hydrogen-bond donors (Lipinski definition) is 1. The minimum atomic E-state index is -0.357. The molecule has 0 fully saturated rings. The fourth-order valence-corrected chi connectivity index (χ4v) is 2.71. The van der Waals surface area contributed by atoms with Crippen molar-refractivity contribution >= 4 is 22.4 Å².